The number of urea groups is 1. The van der Waals surface area contributed by atoms with Gasteiger partial charge in [-0.1, -0.05) is 11.3 Å². The number of pyridine rings is 1. The molecule has 1 N–H and O–H groups in total. The van der Waals surface area contributed by atoms with E-state index in [1.165, 1.54) is 11.3 Å². The van der Waals surface area contributed by atoms with Gasteiger partial charge in [-0.15, -0.1) is 0 Å². The predicted octanol–water partition coefficient (Wildman–Crippen LogP) is 2.77. The number of nitrogens with zero attached hydrogens (tertiary/aromatic N) is 4. The SMILES string of the molecule is Cc1nc(N2CCN(CCCCF)C2=O)sc1C(=O)NCc1ccncc1. The quantitative estimate of drug-likeness (QED) is 0.702. The Labute approximate surface area is 161 Å². The van der Waals surface area contributed by atoms with Gasteiger partial charge in [-0.3, -0.25) is 19.1 Å². The van der Waals surface area contributed by atoms with Gasteiger partial charge in [-0.05, 0) is 37.5 Å². The highest BCUT2D eigenvalue weighted by molar-refractivity contribution is 7.17. The molecule has 2 aromatic heterocycles. The maximum Gasteiger partial charge on any atom is 0.326 e. The lowest BCUT2D eigenvalue weighted by Gasteiger charge is -2.16. The van der Waals surface area contributed by atoms with Crippen LogP contribution in [-0.2, 0) is 6.54 Å². The van der Waals surface area contributed by atoms with E-state index in [1.54, 1.807) is 29.1 Å². The van der Waals surface area contributed by atoms with Gasteiger partial charge in [-0.25, -0.2) is 9.78 Å². The first-order valence-electron chi connectivity index (χ1n) is 8.87. The molecule has 1 aliphatic rings. The summed E-state index contributed by atoms with van der Waals surface area (Å²) in [5.74, 6) is -0.209. The number of nitrogens with one attached hydrogen (secondary N) is 1. The smallest absolute Gasteiger partial charge is 0.326 e. The summed E-state index contributed by atoms with van der Waals surface area (Å²) in [6.07, 6.45) is 4.46. The van der Waals surface area contributed by atoms with E-state index in [0.717, 1.165) is 5.56 Å². The minimum atomic E-state index is -0.366. The van der Waals surface area contributed by atoms with E-state index in [4.69, 9.17) is 0 Å². The van der Waals surface area contributed by atoms with E-state index in [2.05, 4.69) is 15.3 Å². The number of anilines is 1. The van der Waals surface area contributed by atoms with E-state index in [0.29, 0.717) is 54.7 Å². The molecule has 0 bridgehead atoms. The van der Waals surface area contributed by atoms with E-state index < -0.39 is 0 Å². The van der Waals surface area contributed by atoms with Crippen molar-refractivity contribution in [1.29, 1.82) is 0 Å². The van der Waals surface area contributed by atoms with Crippen LogP contribution in [0, 0.1) is 6.92 Å². The van der Waals surface area contributed by atoms with Crippen molar-refractivity contribution in [2.24, 2.45) is 0 Å². The zero-order valence-corrected chi connectivity index (χ0v) is 16.0. The zero-order chi connectivity index (χ0) is 19.2. The molecule has 144 valence electrons. The lowest BCUT2D eigenvalue weighted by atomic mass is 10.2. The fourth-order valence-electron chi connectivity index (χ4n) is 2.84. The van der Waals surface area contributed by atoms with Crippen molar-refractivity contribution in [1.82, 2.24) is 20.2 Å². The normalized spacial score (nSPS) is 14.1. The van der Waals surface area contributed by atoms with E-state index >= 15 is 0 Å². The van der Waals surface area contributed by atoms with Gasteiger partial charge in [0.25, 0.3) is 5.91 Å². The molecule has 0 unspecified atom stereocenters. The molecule has 0 saturated carbocycles. The summed E-state index contributed by atoms with van der Waals surface area (Å²) in [4.78, 5) is 37.2. The Hall–Kier alpha value is -2.55. The Morgan fingerprint density at radius 3 is 2.81 bits per heavy atom. The van der Waals surface area contributed by atoms with Gasteiger partial charge in [-0.2, -0.15) is 0 Å². The number of carbonyl (C=O) groups is 2. The van der Waals surface area contributed by atoms with Crippen molar-refractivity contribution >= 4 is 28.4 Å². The number of rotatable bonds is 8. The number of amides is 3. The number of alkyl halides is 1. The molecule has 9 heteroatoms. The highest BCUT2D eigenvalue weighted by atomic mass is 32.1. The second kappa shape index (κ2) is 8.90. The van der Waals surface area contributed by atoms with Gasteiger partial charge in [0.15, 0.2) is 5.13 Å². The Morgan fingerprint density at radius 1 is 1.30 bits per heavy atom. The van der Waals surface area contributed by atoms with Crippen LogP contribution < -0.4 is 10.2 Å². The highest BCUT2D eigenvalue weighted by Gasteiger charge is 2.32. The van der Waals surface area contributed by atoms with Gasteiger partial charge >= 0.3 is 6.03 Å². The Bertz CT molecular complexity index is 798. The summed E-state index contributed by atoms with van der Waals surface area (Å²) in [5, 5.41) is 3.40. The molecule has 1 aliphatic heterocycles. The zero-order valence-electron chi connectivity index (χ0n) is 15.2. The van der Waals surface area contributed by atoms with Crippen LogP contribution in [0.3, 0.4) is 0 Å². The summed E-state index contributed by atoms with van der Waals surface area (Å²) < 4.78 is 12.2. The van der Waals surface area contributed by atoms with Gasteiger partial charge < -0.3 is 10.2 Å². The molecule has 3 amide bonds. The molecule has 3 rings (SSSR count). The first-order chi connectivity index (χ1) is 13.1. The third-order valence-corrected chi connectivity index (χ3v) is 5.51. The predicted molar refractivity (Wildman–Crippen MR) is 102 cm³/mol. The average Bonchev–Trinajstić information content (AvgIpc) is 3.24. The van der Waals surface area contributed by atoms with Gasteiger partial charge in [0.2, 0.25) is 0 Å². The van der Waals surface area contributed by atoms with E-state index in [-0.39, 0.29) is 18.6 Å². The second-order valence-corrected chi connectivity index (χ2v) is 7.24. The van der Waals surface area contributed by atoms with Crippen LogP contribution in [-0.4, -0.2) is 53.1 Å². The number of aryl methyl sites for hydroxylation is 1. The lowest BCUT2D eigenvalue weighted by molar-refractivity contribution is 0.0954. The highest BCUT2D eigenvalue weighted by Crippen LogP contribution is 2.29. The number of unbranched alkanes of at least 4 members (excludes halogenated alkanes) is 1. The minimum absolute atomic E-state index is 0.133. The van der Waals surface area contributed by atoms with Crippen LogP contribution in [0.25, 0.3) is 0 Å². The minimum Gasteiger partial charge on any atom is -0.347 e. The molecule has 1 saturated heterocycles. The van der Waals surface area contributed by atoms with Crippen molar-refractivity contribution in [3.05, 3.63) is 40.7 Å². The van der Waals surface area contributed by atoms with Gasteiger partial charge in [0.1, 0.15) is 4.88 Å². The van der Waals surface area contributed by atoms with Crippen molar-refractivity contribution < 1.29 is 14.0 Å². The van der Waals surface area contributed by atoms with Crippen LogP contribution in [0.5, 0.6) is 0 Å². The topological polar surface area (TPSA) is 78.4 Å². The molecule has 2 aromatic rings. The van der Waals surface area contributed by atoms with Crippen molar-refractivity contribution in [3.63, 3.8) is 0 Å². The Morgan fingerprint density at radius 2 is 2.07 bits per heavy atom. The third kappa shape index (κ3) is 4.60. The maximum absolute atomic E-state index is 12.5. The van der Waals surface area contributed by atoms with Crippen LogP contribution in [0.1, 0.15) is 33.8 Å². The first kappa shape index (κ1) is 19.2. The molecule has 1 fully saturated rings. The molecular formula is C18H22FN5O2S. The van der Waals surface area contributed by atoms with Crippen molar-refractivity contribution in [2.45, 2.75) is 26.3 Å². The molecule has 3 heterocycles. The molecule has 27 heavy (non-hydrogen) atoms. The molecule has 0 atom stereocenters. The second-order valence-electron chi connectivity index (χ2n) is 6.27. The van der Waals surface area contributed by atoms with Crippen LogP contribution >= 0.6 is 11.3 Å². The lowest BCUT2D eigenvalue weighted by Crippen LogP contribution is -2.32. The Balaban J connectivity index is 1.62. The van der Waals surface area contributed by atoms with Crippen LogP contribution in [0.2, 0.25) is 0 Å². The third-order valence-electron chi connectivity index (χ3n) is 4.33. The molecule has 0 aliphatic carbocycles. The summed E-state index contributed by atoms with van der Waals surface area (Å²) in [7, 11) is 0. The number of aromatic nitrogens is 2. The molecule has 0 spiro atoms. The van der Waals surface area contributed by atoms with Gasteiger partial charge in [0.05, 0.1) is 12.4 Å². The number of hydrogen-bond acceptors (Lipinski definition) is 5. The fourth-order valence-corrected chi connectivity index (χ4v) is 3.84. The first-order valence-corrected chi connectivity index (χ1v) is 9.68. The van der Waals surface area contributed by atoms with Crippen LogP contribution in [0.15, 0.2) is 24.5 Å². The summed E-state index contributed by atoms with van der Waals surface area (Å²) in [6, 6.07) is 3.54. The maximum atomic E-state index is 12.5. The fraction of sp³-hybridized carbons (Fsp3) is 0.444. The molecule has 0 radical (unpaired) electrons. The summed E-state index contributed by atoms with van der Waals surface area (Å²) in [6.45, 7) is 3.46. The van der Waals surface area contributed by atoms with Gasteiger partial charge in [0, 0.05) is 38.6 Å². The average molecular weight is 391 g/mol. The number of carbonyl (C=O) groups excluding carboxylic acids is 2. The van der Waals surface area contributed by atoms with Crippen molar-refractivity contribution in [3.8, 4) is 0 Å². The van der Waals surface area contributed by atoms with Crippen molar-refractivity contribution in [2.75, 3.05) is 31.2 Å². The molecule has 0 aromatic carbocycles. The van der Waals surface area contributed by atoms with E-state index in [1.807, 2.05) is 12.1 Å². The molecular weight excluding hydrogens is 369 g/mol. The number of halogens is 1. The monoisotopic (exact) mass is 391 g/mol. The number of thiazole rings is 1. The number of hydrogen-bond donors (Lipinski definition) is 1. The standard InChI is InChI=1S/C18H22FN5O2S/c1-13-15(16(25)21-12-14-4-7-20-8-5-14)27-17(22-13)24-11-10-23(18(24)26)9-3-2-6-19/h4-5,7-8H,2-3,6,9-12H2,1H3,(H,21,25). The van der Waals surface area contributed by atoms with Crippen LogP contribution in [0.4, 0.5) is 14.3 Å². The largest absolute Gasteiger partial charge is 0.347 e. The summed E-state index contributed by atoms with van der Waals surface area (Å²) >= 11 is 1.22. The molecule has 7 nitrogen and oxygen atoms in total. The van der Waals surface area contributed by atoms with E-state index in [9.17, 15) is 14.0 Å². The summed E-state index contributed by atoms with van der Waals surface area (Å²) in [5.41, 5.74) is 1.56. The Kier molecular flexibility index (Phi) is 6.33.